The minimum atomic E-state index is 0.316. The van der Waals surface area contributed by atoms with Crippen LogP contribution in [0, 0.1) is 5.92 Å². The van der Waals surface area contributed by atoms with Crippen molar-refractivity contribution in [1.29, 1.82) is 0 Å². The highest BCUT2D eigenvalue weighted by Crippen LogP contribution is 2.26. The van der Waals surface area contributed by atoms with Gasteiger partial charge in [0.2, 0.25) is 5.91 Å². The summed E-state index contributed by atoms with van der Waals surface area (Å²) in [5, 5.41) is 0. The maximum absolute atomic E-state index is 11.8. The van der Waals surface area contributed by atoms with Crippen molar-refractivity contribution in [3.63, 3.8) is 0 Å². The molecule has 0 saturated heterocycles. The summed E-state index contributed by atoms with van der Waals surface area (Å²) in [6.45, 7) is 2.88. The summed E-state index contributed by atoms with van der Waals surface area (Å²) >= 11 is 3.46. The molecule has 0 bridgehead atoms. The molecule has 13 heavy (non-hydrogen) atoms. The summed E-state index contributed by atoms with van der Waals surface area (Å²) in [6.07, 6.45) is 4.65. The van der Waals surface area contributed by atoms with Crippen molar-refractivity contribution in [2.75, 3.05) is 13.6 Å². The van der Waals surface area contributed by atoms with E-state index in [1.165, 1.54) is 12.8 Å². The summed E-state index contributed by atoms with van der Waals surface area (Å²) in [5.74, 6) is 0.653. The van der Waals surface area contributed by atoms with Crippen molar-refractivity contribution in [2.45, 2.75) is 37.4 Å². The largest absolute Gasteiger partial charge is 0.344 e. The van der Waals surface area contributed by atoms with Gasteiger partial charge in [0.25, 0.3) is 0 Å². The van der Waals surface area contributed by atoms with Gasteiger partial charge in [0, 0.05) is 24.3 Å². The average Bonchev–Trinajstić information content (AvgIpc) is 2.53. The molecule has 2 nitrogen and oxygen atoms in total. The zero-order valence-electron chi connectivity index (χ0n) is 8.42. The Morgan fingerprint density at radius 2 is 2.08 bits per heavy atom. The van der Waals surface area contributed by atoms with Crippen molar-refractivity contribution in [3.05, 3.63) is 0 Å². The van der Waals surface area contributed by atoms with E-state index < -0.39 is 0 Å². The van der Waals surface area contributed by atoms with E-state index >= 15 is 0 Å². The predicted octanol–water partition coefficient (Wildman–Crippen LogP) is 2.42. The van der Waals surface area contributed by atoms with E-state index in [0.717, 1.165) is 19.4 Å². The van der Waals surface area contributed by atoms with Crippen LogP contribution in [0.2, 0.25) is 0 Å². The molecule has 1 atom stereocenters. The first-order chi connectivity index (χ1) is 6.11. The summed E-state index contributed by atoms with van der Waals surface area (Å²) in [5.41, 5.74) is 0. The first-order valence-electron chi connectivity index (χ1n) is 5.00. The standard InChI is InChI=1S/C10H18BrNO/c1-8(11)7-12(2)10(13)9-5-3-4-6-9/h8-9H,3-7H2,1-2H3. The molecular weight excluding hydrogens is 230 g/mol. The normalized spacial score (nSPS) is 20.2. The molecule has 0 heterocycles. The van der Waals surface area contributed by atoms with Crippen molar-refractivity contribution in [1.82, 2.24) is 4.90 Å². The van der Waals surface area contributed by atoms with Crippen molar-refractivity contribution in [3.8, 4) is 0 Å². The van der Waals surface area contributed by atoms with E-state index in [4.69, 9.17) is 0 Å². The minimum absolute atomic E-state index is 0.316. The Kier molecular flexibility index (Phi) is 4.23. The molecule has 1 rings (SSSR count). The Bertz CT molecular complexity index is 176. The maximum atomic E-state index is 11.8. The lowest BCUT2D eigenvalue weighted by Crippen LogP contribution is -2.35. The molecule has 0 aromatic carbocycles. The van der Waals surface area contributed by atoms with Gasteiger partial charge in [-0.05, 0) is 12.8 Å². The van der Waals surface area contributed by atoms with Crippen LogP contribution in [0.3, 0.4) is 0 Å². The highest BCUT2D eigenvalue weighted by atomic mass is 79.9. The molecule has 1 unspecified atom stereocenters. The van der Waals surface area contributed by atoms with E-state index in [9.17, 15) is 4.79 Å². The fraction of sp³-hybridized carbons (Fsp3) is 0.900. The molecule has 0 aromatic rings. The van der Waals surface area contributed by atoms with Crippen LogP contribution < -0.4 is 0 Å². The molecular formula is C10H18BrNO. The Hall–Kier alpha value is -0.0500. The number of carbonyl (C=O) groups excluding carboxylic acids is 1. The lowest BCUT2D eigenvalue weighted by atomic mass is 10.1. The maximum Gasteiger partial charge on any atom is 0.225 e. The SMILES string of the molecule is CC(Br)CN(C)C(=O)C1CCCC1. The van der Waals surface area contributed by atoms with Crippen LogP contribution in [0.25, 0.3) is 0 Å². The van der Waals surface area contributed by atoms with Crippen LogP contribution in [0.4, 0.5) is 0 Å². The second kappa shape index (κ2) is 4.99. The summed E-state index contributed by atoms with van der Waals surface area (Å²) in [6, 6.07) is 0. The van der Waals surface area contributed by atoms with E-state index in [1.54, 1.807) is 0 Å². The molecule has 0 aliphatic heterocycles. The van der Waals surface area contributed by atoms with E-state index in [-0.39, 0.29) is 0 Å². The average molecular weight is 248 g/mol. The molecule has 0 radical (unpaired) electrons. The third-order valence-electron chi connectivity index (χ3n) is 2.61. The molecule has 0 N–H and O–H groups in total. The van der Waals surface area contributed by atoms with Crippen molar-refractivity contribution in [2.24, 2.45) is 5.92 Å². The van der Waals surface area contributed by atoms with E-state index in [2.05, 4.69) is 22.9 Å². The zero-order chi connectivity index (χ0) is 9.84. The molecule has 1 aliphatic carbocycles. The van der Waals surface area contributed by atoms with Gasteiger partial charge in [0.05, 0.1) is 0 Å². The molecule has 0 aromatic heterocycles. The van der Waals surface area contributed by atoms with Crippen LogP contribution in [0.15, 0.2) is 0 Å². The monoisotopic (exact) mass is 247 g/mol. The predicted molar refractivity (Wildman–Crippen MR) is 58.0 cm³/mol. The summed E-state index contributed by atoms with van der Waals surface area (Å²) in [4.78, 5) is 14.0. The van der Waals surface area contributed by atoms with Gasteiger partial charge >= 0.3 is 0 Å². The number of halogens is 1. The second-order valence-electron chi connectivity index (χ2n) is 3.98. The lowest BCUT2D eigenvalue weighted by Gasteiger charge is -2.21. The van der Waals surface area contributed by atoms with E-state index in [1.807, 2.05) is 11.9 Å². The Labute approximate surface area is 88.8 Å². The van der Waals surface area contributed by atoms with Crippen LogP contribution >= 0.6 is 15.9 Å². The van der Waals surface area contributed by atoms with E-state index in [0.29, 0.717) is 16.7 Å². The molecule has 3 heteroatoms. The second-order valence-corrected chi connectivity index (χ2v) is 5.54. The number of rotatable bonds is 3. The highest BCUT2D eigenvalue weighted by molar-refractivity contribution is 9.09. The fourth-order valence-electron chi connectivity index (χ4n) is 1.95. The molecule has 1 aliphatic rings. The highest BCUT2D eigenvalue weighted by Gasteiger charge is 2.25. The van der Waals surface area contributed by atoms with Crippen LogP contribution in [0.5, 0.6) is 0 Å². The number of hydrogen-bond donors (Lipinski definition) is 0. The number of amides is 1. The number of carbonyl (C=O) groups is 1. The first kappa shape index (κ1) is 11.0. The molecule has 0 spiro atoms. The molecule has 1 saturated carbocycles. The minimum Gasteiger partial charge on any atom is -0.344 e. The fourth-order valence-corrected chi connectivity index (χ4v) is 2.39. The van der Waals surface area contributed by atoms with Crippen LogP contribution in [-0.2, 0) is 4.79 Å². The smallest absolute Gasteiger partial charge is 0.225 e. The van der Waals surface area contributed by atoms with Gasteiger partial charge in [-0.3, -0.25) is 4.79 Å². The quantitative estimate of drug-likeness (QED) is 0.702. The van der Waals surface area contributed by atoms with Crippen LogP contribution in [0.1, 0.15) is 32.6 Å². The number of hydrogen-bond acceptors (Lipinski definition) is 1. The molecule has 1 amide bonds. The third-order valence-corrected chi connectivity index (χ3v) is 2.90. The third kappa shape index (κ3) is 3.29. The van der Waals surface area contributed by atoms with Gasteiger partial charge in [0.15, 0.2) is 0 Å². The number of nitrogens with zero attached hydrogens (tertiary/aromatic N) is 1. The van der Waals surface area contributed by atoms with Gasteiger partial charge in [0.1, 0.15) is 0 Å². The topological polar surface area (TPSA) is 20.3 Å². The van der Waals surface area contributed by atoms with Gasteiger partial charge in [-0.2, -0.15) is 0 Å². The Morgan fingerprint density at radius 1 is 1.54 bits per heavy atom. The summed E-state index contributed by atoms with van der Waals surface area (Å²) in [7, 11) is 1.90. The lowest BCUT2D eigenvalue weighted by molar-refractivity contribution is -0.133. The van der Waals surface area contributed by atoms with Gasteiger partial charge in [-0.1, -0.05) is 35.7 Å². The van der Waals surface area contributed by atoms with Gasteiger partial charge < -0.3 is 4.90 Å². The van der Waals surface area contributed by atoms with Gasteiger partial charge in [-0.25, -0.2) is 0 Å². The van der Waals surface area contributed by atoms with Crippen molar-refractivity contribution < 1.29 is 4.79 Å². The molecule has 1 fully saturated rings. The summed E-state index contributed by atoms with van der Waals surface area (Å²) < 4.78 is 0. The number of alkyl halides is 1. The Morgan fingerprint density at radius 3 is 2.54 bits per heavy atom. The van der Waals surface area contributed by atoms with Crippen LogP contribution in [-0.4, -0.2) is 29.2 Å². The first-order valence-corrected chi connectivity index (χ1v) is 5.92. The Balaban J connectivity index is 2.36. The molecule has 76 valence electrons. The zero-order valence-corrected chi connectivity index (χ0v) is 10.0. The van der Waals surface area contributed by atoms with Gasteiger partial charge in [-0.15, -0.1) is 0 Å². The van der Waals surface area contributed by atoms with Crippen molar-refractivity contribution >= 4 is 21.8 Å².